The Balaban J connectivity index is 2.15. The van der Waals surface area contributed by atoms with Gasteiger partial charge < -0.3 is 4.18 Å². The minimum Gasteiger partial charge on any atom is -0.379 e. The molecule has 2 rings (SSSR count). The Labute approximate surface area is 117 Å². The highest BCUT2D eigenvalue weighted by Crippen LogP contribution is 2.16. The van der Waals surface area contributed by atoms with Crippen molar-refractivity contribution in [2.24, 2.45) is 0 Å². The first-order chi connectivity index (χ1) is 9.59. The van der Waals surface area contributed by atoms with Gasteiger partial charge in [0.05, 0.1) is 17.0 Å². The van der Waals surface area contributed by atoms with Gasteiger partial charge >= 0.3 is 10.1 Å². The van der Waals surface area contributed by atoms with E-state index in [-0.39, 0.29) is 5.75 Å². The van der Waals surface area contributed by atoms with Gasteiger partial charge in [0.1, 0.15) is 5.75 Å². The minimum atomic E-state index is -3.85. The molecule has 20 heavy (non-hydrogen) atoms. The summed E-state index contributed by atoms with van der Waals surface area (Å²) in [6, 6.07) is 16.9. The molecule has 0 spiro atoms. The third kappa shape index (κ3) is 3.97. The molecular formula is C15H11NO3S. The van der Waals surface area contributed by atoms with Crippen LogP contribution in [0.1, 0.15) is 11.1 Å². The van der Waals surface area contributed by atoms with Crippen LogP contribution < -0.4 is 4.18 Å². The Morgan fingerprint density at radius 2 is 1.80 bits per heavy atom. The topological polar surface area (TPSA) is 67.2 Å². The van der Waals surface area contributed by atoms with E-state index in [1.807, 2.05) is 24.3 Å². The lowest BCUT2D eigenvalue weighted by atomic mass is 10.2. The first-order valence-corrected chi connectivity index (χ1v) is 7.24. The molecule has 0 bridgehead atoms. The number of benzene rings is 2. The van der Waals surface area contributed by atoms with Crippen LogP contribution in [0.25, 0.3) is 6.08 Å². The van der Waals surface area contributed by atoms with Gasteiger partial charge in [-0.05, 0) is 29.8 Å². The van der Waals surface area contributed by atoms with Crippen LogP contribution in [0, 0.1) is 11.3 Å². The van der Waals surface area contributed by atoms with Crippen molar-refractivity contribution < 1.29 is 12.6 Å². The first kappa shape index (κ1) is 13.8. The molecule has 2 aromatic carbocycles. The summed E-state index contributed by atoms with van der Waals surface area (Å²) >= 11 is 0. The lowest BCUT2D eigenvalue weighted by Gasteiger charge is -2.03. The standard InChI is InChI=1S/C15H11NO3S/c16-12-14-7-4-8-15(11-14)19-20(17,18)10-9-13-5-2-1-3-6-13/h1-11H. The molecule has 0 heterocycles. The van der Waals surface area contributed by atoms with Gasteiger partial charge in [0.15, 0.2) is 0 Å². The summed E-state index contributed by atoms with van der Waals surface area (Å²) in [5.41, 5.74) is 1.09. The summed E-state index contributed by atoms with van der Waals surface area (Å²) < 4.78 is 28.5. The van der Waals surface area contributed by atoms with Gasteiger partial charge in [-0.1, -0.05) is 36.4 Å². The van der Waals surface area contributed by atoms with E-state index in [1.165, 1.54) is 18.2 Å². The van der Waals surface area contributed by atoms with Crippen LogP contribution >= 0.6 is 0 Å². The molecule has 0 aliphatic heterocycles. The molecule has 2 aromatic rings. The van der Waals surface area contributed by atoms with E-state index in [0.717, 1.165) is 11.0 Å². The molecule has 0 atom stereocenters. The van der Waals surface area contributed by atoms with Gasteiger partial charge in [0, 0.05) is 0 Å². The normalized spacial score (nSPS) is 11.2. The molecule has 5 heteroatoms. The molecule has 0 radical (unpaired) electrons. The van der Waals surface area contributed by atoms with Crippen LogP contribution in [0.4, 0.5) is 0 Å². The second-order valence-corrected chi connectivity index (χ2v) is 5.35. The lowest BCUT2D eigenvalue weighted by Crippen LogP contribution is -2.05. The predicted octanol–water partition coefficient (Wildman–Crippen LogP) is 2.94. The summed E-state index contributed by atoms with van der Waals surface area (Å²) in [6.07, 6.45) is 1.45. The van der Waals surface area contributed by atoms with E-state index in [9.17, 15) is 8.42 Å². The number of hydrogen-bond donors (Lipinski definition) is 0. The van der Waals surface area contributed by atoms with Gasteiger partial charge in [-0.15, -0.1) is 0 Å². The molecule has 0 aromatic heterocycles. The van der Waals surface area contributed by atoms with E-state index in [1.54, 1.807) is 24.3 Å². The van der Waals surface area contributed by atoms with Crippen LogP contribution in [0.15, 0.2) is 60.0 Å². The lowest BCUT2D eigenvalue weighted by molar-refractivity contribution is 0.497. The number of rotatable bonds is 4. The summed E-state index contributed by atoms with van der Waals surface area (Å²) in [6.45, 7) is 0. The van der Waals surface area contributed by atoms with Gasteiger partial charge in [0.2, 0.25) is 0 Å². The van der Waals surface area contributed by atoms with E-state index in [0.29, 0.717) is 5.56 Å². The number of hydrogen-bond acceptors (Lipinski definition) is 4. The van der Waals surface area contributed by atoms with Crippen molar-refractivity contribution in [2.75, 3.05) is 0 Å². The Bertz CT molecular complexity index is 759. The van der Waals surface area contributed by atoms with Gasteiger partial charge in [0.25, 0.3) is 0 Å². The molecule has 0 fully saturated rings. The summed E-state index contributed by atoms with van der Waals surface area (Å²) in [4.78, 5) is 0. The fourth-order valence-electron chi connectivity index (χ4n) is 1.51. The Morgan fingerprint density at radius 1 is 1.05 bits per heavy atom. The summed E-state index contributed by atoms with van der Waals surface area (Å²) in [7, 11) is -3.85. The monoisotopic (exact) mass is 285 g/mol. The Kier molecular flexibility index (Phi) is 4.18. The van der Waals surface area contributed by atoms with Crippen LogP contribution in [0.3, 0.4) is 0 Å². The van der Waals surface area contributed by atoms with Crippen molar-refractivity contribution in [3.05, 3.63) is 71.1 Å². The highest BCUT2D eigenvalue weighted by atomic mass is 32.2. The third-order valence-corrected chi connectivity index (χ3v) is 3.30. The second kappa shape index (κ2) is 6.04. The molecule has 0 saturated heterocycles. The Morgan fingerprint density at radius 3 is 2.50 bits per heavy atom. The molecule has 0 aliphatic carbocycles. The van der Waals surface area contributed by atoms with Crippen LogP contribution in [-0.4, -0.2) is 8.42 Å². The fraction of sp³-hybridized carbons (Fsp3) is 0. The zero-order valence-electron chi connectivity index (χ0n) is 10.4. The maximum atomic E-state index is 11.8. The molecule has 4 nitrogen and oxygen atoms in total. The van der Waals surface area contributed by atoms with E-state index in [2.05, 4.69) is 0 Å². The van der Waals surface area contributed by atoms with Crippen molar-refractivity contribution in [1.82, 2.24) is 0 Å². The average molecular weight is 285 g/mol. The van der Waals surface area contributed by atoms with Crippen LogP contribution in [0.2, 0.25) is 0 Å². The quantitative estimate of drug-likeness (QED) is 0.810. The molecule has 0 amide bonds. The zero-order valence-corrected chi connectivity index (χ0v) is 11.2. The molecule has 0 saturated carbocycles. The Hall–Kier alpha value is -2.58. The second-order valence-electron chi connectivity index (χ2n) is 3.93. The highest BCUT2D eigenvalue weighted by molar-refractivity contribution is 7.90. The van der Waals surface area contributed by atoms with E-state index < -0.39 is 10.1 Å². The van der Waals surface area contributed by atoms with Crippen LogP contribution in [-0.2, 0) is 10.1 Å². The highest BCUT2D eigenvalue weighted by Gasteiger charge is 2.08. The van der Waals surface area contributed by atoms with Crippen molar-refractivity contribution >= 4 is 16.2 Å². The summed E-state index contributed by atoms with van der Waals surface area (Å²) in [5, 5.41) is 9.73. The molecule has 0 aliphatic rings. The first-order valence-electron chi connectivity index (χ1n) is 5.77. The SMILES string of the molecule is N#Cc1cccc(OS(=O)(=O)C=Cc2ccccc2)c1. The molecule has 100 valence electrons. The number of nitrogens with zero attached hydrogens (tertiary/aromatic N) is 1. The van der Waals surface area contributed by atoms with Crippen molar-refractivity contribution in [3.63, 3.8) is 0 Å². The van der Waals surface area contributed by atoms with Crippen LogP contribution in [0.5, 0.6) is 5.75 Å². The van der Waals surface area contributed by atoms with Crippen molar-refractivity contribution in [3.8, 4) is 11.8 Å². The van der Waals surface area contributed by atoms with E-state index >= 15 is 0 Å². The molecule has 0 unspecified atom stereocenters. The predicted molar refractivity (Wildman–Crippen MR) is 76.2 cm³/mol. The third-order valence-electron chi connectivity index (χ3n) is 2.40. The fourth-order valence-corrected chi connectivity index (χ4v) is 2.26. The average Bonchev–Trinajstić information content (AvgIpc) is 2.46. The maximum Gasteiger partial charge on any atom is 0.332 e. The van der Waals surface area contributed by atoms with Gasteiger partial charge in [-0.25, -0.2) is 0 Å². The van der Waals surface area contributed by atoms with Crippen molar-refractivity contribution in [1.29, 1.82) is 5.26 Å². The van der Waals surface area contributed by atoms with Gasteiger partial charge in [-0.3, -0.25) is 0 Å². The van der Waals surface area contributed by atoms with Gasteiger partial charge in [-0.2, -0.15) is 13.7 Å². The summed E-state index contributed by atoms with van der Waals surface area (Å²) in [5.74, 6) is 0.113. The smallest absolute Gasteiger partial charge is 0.332 e. The zero-order chi connectivity index (χ0) is 14.4. The number of nitriles is 1. The largest absolute Gasteiger partial charge is 0.379 e. The maximum absolute atomic E-state index is 11.8. The molecular weight excluding hydrogens is 274 g/mol. The minimum absolute atomic E-state index is 0.113. The molecule has 0 N–H and O–H groups in total. The van der Waals surface area contributed by atoms with Crippen molar-refractivity contribution in [2.45, 2.75) is 0 Å². The van der Waals surface area contributed by atoms with E-state index in [4.69, 9.17) is 9.44 Å².